The lowest BCUT2D eigenvalue weighted by Gasteiger charge is -2.24. The van der Waals surface area contributed by atoms with Crippen molar-refractivity contribution in [3.8, 4) is 0 Å². The highest BCUT2D eigenvalue weighted by molar-refractivity contribution is 6.33. The van der Waals surface area contributed by atoms with E-state index < -0.39 is 17.8 Å². The maximum absolute atomic E-state index is 14.0. The standard InChI is InChI=1S/C17H19ClFN3O3/c18-11-3-1-4-12(19)15(11)17(25)22-8-2-7-21(9-10-22)16(24)13-5-6-14(23)20-13/h1,3-4,13H,2,5-10H2,(H,20,23). The number of hydrogen-bond acceptors (Lipinski definition) is 3. The molecule has 0 aromatic heterocycles. The number of nitrogens with one attached hydrogen (secondary N) is 1. The second kappa shape index (κ2) is 7.39. The van der Waals surface area contributed by atoms with Crippen LogP contribution in [0.15, 0.2) is 18.2 Å². The Bertz CT molecular complexity index is 692. The van der Waals surface area contributed by atoms with E-state index in [9.17, 15) is 18.8 Å². The van der Waals surface area contributed by atoms with Crippen molar-refractivity contribution in [1.82, 2.24) is 15.1 Å². The number of halogens is 2. The first-order valence-corrected chi connectivity index (χ1v) is 8.66. The quantitative estimate of drug-likeness (QED) is 0.859. The van der Waals surface area contributed by atoms with E-state index in [2.05, 4.69) is 5.32 Å². The van der Waals surface area contributed by atoms with Gasteiger partial charge in [-0.25, -0.2) is 4.39 Å². The fourth-order valence-electron chi connectivity index (χ4n) is 3.22. The lowest BCUT2D eigenvalue weighted by molar-refractivity contribution is -0.134. The van der Waals surface area contributed by atoms with Crippen LogP contribution in [0.5, 0.6) is 0 Å². The zero-order valence-corrected chi connectivity index (χ0v) is 14.4. The summed E-state index contributed by atoms with van der Waals surface area (Å²) < 4.78 is 14.0. The molecule has 1 atom stereocenters. The molecule has 6 nitrogen and oxygen atoms in total. The zero-order valence-electron chi connectivity index (χ0n) is 13.6. The van der Waals surface area contributed by atoms with Crippen LogP contribution in [0.3, 0.4) is 0 Å². The molecule has 2 heterocycles. The molecule has 0 spiro atoms. The summed E-state index contributed by atoms with van der Waals surface area (Å²) >= 11 is 5.97. The van der Waals surface area contributed by atoms with Crippen LogP contribution >= 0.6 is 11.6 Å². The van der Waals surface area contributed by atoms with Crippen LogP contribution in [-0.2, 0) is 9.59 Å². The predicted molar refractivity (Wildman–Crippen MR) is 89.7 cm³/mol. The van der Waals surface area contributed by atoms with Crippen molar-refractivity contribution in [3.63, 3.8) is 0 Å². The SMILES string of the molecule is O=C1CCC(C(=O)N2CCCN(C(=O)c3c(F)cccc3Cl)CC2)N1. The molecule has 25 heavy (non-hydrogen) atoms. The molecule has 2 aliphatic rings. The van der Waals surface area contributed by atoms with E-state index in [0.717, 1.165) is 0 Å². The highest BCUT2D eigenvalue weighted by atomic mass is 35.5. The van der Waals surface area contributed by atoms with E-state index in [1.54, 1.807) is 4.90 Å². The molecule has 0 saturated carbocycles. The summed E-state index contributed by atoms with van der Waals surface area (Å²) in [5, 5.41) is 2.75. The van der Waals surface area contributed by atoms with Gasteiger partial charge in [0.2, 0.25) is 11.8 Å². The Morgan fingerprint density at radius 3 is 2.56 bits per heavy atom. The van der Waals surface area contributed by atoms with Gasteiger partial charge >= 0.3 is 0 Å². The van der Waals surface area contributed by atoms with Crippen molar-refractivity contribution in [1.29, 1.82) is 0 Å². The van der Waals surface area contributed by atoms with Gasteiger partial charge in [-0.1, -0.05) is 17.7 Å². The summed E-state index contributed by atoms with van der Waals surface area (Å²) in [6.45, 7) is 1.57. The molecular formula is C17H19ClFN3O3. The Kier molecular flexibility index (Phi) is 5.22. The summed E-state index contributed by atoms with van der Waals surface area (Å²) in [4.78, 5) is 39.6. The fraction of sp³-hybridized carbons (Fsp3) is 0.471. The smallest absolute Gasteiger partial charge is 0.258 e. The van der Waals surface area contributed by atoms with Crippen molar-refractivity contribution in [3.05, 3.63) is 34.6 Å². The van der Waals surface area contributed by atoms with Gasteiger partial charge in [-0.15, -0.1) is 0 Å². The van der Waals surface area contributed by atoms with E-state index in [1.165, 1.54) is 23.1 Å². The Balaban J connectivity index is 1.66. The molecule has 2 aliphatic heterocycles. The third-order valence-corrected chi connectivity index (χ3v) is 4.88. The maximum Gasteiger partial charge on any atom is 0.258 e. The lowest BCUT2D eigenvalue weighted by Crippen LogP contribution is -2.46. The Labute approximate surface area is 149 Å². The normalized spacial score (nSPS) is 21.0. The molecule has 1 unspecified atom stereocenters. The first-order valence-electron chi connectivity index (χ1n) is 8.29. The van der Waals surface area contributed by atoms with Crippen LogP contribution < -0.4 is 5.32 Å². The summed E-state index contributed by atoms with van der Waals surface area (Å²) in [5.74, 6) is -1.35. The lowest BCUT2D eigenvalue weighted by atomic mass is 10.1. The predicted octanol–water partition coefficient (Wildman–Crippen LogP) is 1.43. The van der Waals surface area contributed by atoms with E-state index in [-0.39, 0.29) is 22.4 Å². The Morgan fingerprint density at radius 1 is 1.16 bits per heavy atom. The van der Waals surface area contributed by atoms with E-state index >= 15 is 0 Å². The first kappa shape index (κ1) is 17.7. The minimum atomic E-state index is -0.650. The van der Waals surface area contributed by atoms with Crippen molar-refractivity contribution < 1.29 is 18.8 Å². The minimum Gasteiger partial charge on any atom is -0.344 e. The molecule has 0 aliphatic carbocycles. The van der Waals surface area contributed by atoms with Crippen LogP contribution in [0.1, 0.15) is 29.6 Å². The van der Waals surface area contributed by atoms with Crippen molar-refractivity contribution >= 4 is 29.3 Å². The molecule has 1 N–H and O–H groups in total. The van der Waals surface area contributed by atoms with Crippen LogP contribution in [-0.4, -0.2) is 59.7 Å². The second-order valence-corrected chi connectivity index (χ2v) is 6.63. The van der Waals surface area contributed by atoms with Crippen LogP contribution in [0, 0.1) is 5.82 Å². The minimum absolute atomic E-state index is 0.0795. The van der Waals surface area contributed by atoms with E-state index in [1.807, 2.05) is 0 Å². The van der Waals surface area contributed by atoms with E-state index in [0.29, 0.717) is 45.4 Å². The zero-order chi connectivity index (χ0) is 18.0. The summed E-state index contributed by atoms with van der Waals surface area (Å²) in [7, 11) is 0. The van der Waals surface area contributed by atoms with Gasteiger partial charge < -0.3 is 15.1 Å². The van der Waals surface area contributed by atoms with Gasteiger partial charge in [0, 0.05) is 32.6 Å². The molecular weight excluding hydrogens is 349 g/mol. The highest BCUT2D eigenvalue weighted by Gasteiger charge is 2.32. The monoisotopic (exact) mass is 367 g/mol. The molecule has 8 heteroatoms. The highest BCUT2D eigenvalue weighted by Crippen LogP contribution is 2.22. The summed E-state index contributed by atoms with van der Waals surface area (Å²) in [6, 6.07) is 3.66. The number of hydrogen-bond donors (Lipinski definition) is 1. The molecule has 2 fully saturated rings. The Hall–Kier alpha value is -2.15. The van der Waals surface area contributed by atoms with Gasteiger partial charge in [-0.2, -0.15) is 0 Å². The third-order valence-electron chi connectivity index (χ3n) is 4.56. The van der Waals surface area contributed by atoms with Crippen molar-refractivity contribution in [2.24, 2.45) is 0 Å². The second-order valence-electron chi connectivity index (χ2n) is 6.23. The molecule has 1 aromatic carbocycles. The molecule has 2 saturated heterocycles. The molecule has 3 rings (SSSR count). The third kappa shape index (κ3) is 3.76. The number of carbonyl (C=O) groups is 3. The summed E-state index contributed by atoms with van der Waals surface area (Å²) in [5.41, 5.74) is -0.132. The van der Waals surface area contributed by atoms with Gasteiger partial charge in [0.25, 0.3) is 5.91 Å². The van der Waals surface area contributed by atoms with Gasteiger partial charge in [0.05, 0.1) is 10.6 Å². The Morgan fingerprint density at radius 2 is 1.88 bits per heavy atom. The molecule has 0 bridgehead atoms. The summed E-state index contributed by atoms with van der Waals surface area (Å²) in [6.07, 6.45) is 1.45. The van der Waals surface area contributed by atoms with Crippen LogP contribution in [0.2, 0.25) is 5.02 Å². The topological polar surface area (TPSA) is 69.7 Å². The van der Waals surface area contributed by atoms with Gasteiger partial charge in [0.15, 0.2) is 0 Å². The average molecular weight is 368 g/mol. The van der Waals surface area contributed by atoms with Crippen molar-refractivity contribution in [2.45, 2.75) is 25.3 Å². The first-order chi connectivity index (χ1) is 12.0. The molecule has 134 valence electrons. The van der Waals surface area contributed by atoms with Crippen molar-refractivity contribution in [2.75, 3.05) is 26.2 Å². The largest absolute Gasteiger partial charge is 0.344 e. The van der Waals surface area contributed by atoms with E-state index in [4.69, 9.17) is 11.6 Å². The molecule has 0 radical (unpaired) electrons. The molecule has 1 aromatic rings. The number of benzene rings is 1. The number of carbonyl (C=O) groups excluding carboxylic acids is 3. The van der Waals surface area contributed by atoms with Crippen LogP contribution in [0.4, 0.5) is 4.39 Å². The van der Waals surface area contributed by atoms with Gasteiger partial charge in [0.1, 0.15) is 11.9 Å². The number of amides is 3. The number of nitrogens with zero attached hydrogens (tertiary/aromatic N) is 2. The fourth-order valence-corrected chi connectivity index (χ4v) is 3.46. The number of rotatable bonds is 2. The maximum atomic E-state index is 14.0. The van der Waals surface area contributed by atoms with Gasteiger partial charge in [-0.05, 0) is 25.0 Å². The van der Waals surface area contributed by atoms with Gasteiger partial charge in [-0.3, -0.25) is 14.4 Å². The van der Waals surface area contributed by atoms with Crippen LogP contribution in [0.25, 0.3) is 0 Å². The molecule has 3 amide bonds. The average Bonchev–Trinajstić information content (AvgIpc) is 2.87.